The summed E-state index contributed by atoms with van der Waals surface area (Å²) in [4.78, 5) is 2.27. The van der Waals surface area contributed by atoms with Crippen molar-refractivity contribution in [3.8, 4) is 0 Å². The largest absolute Gasteiger partial charge is 0.373 e. The van der Waals surface area contributed by atoms with Crippen LogP contribution in [0.25, 0.3) is 0 Å². The molecule has 3 rings (SSSR count). The van der Waals surface area contributed by atoms with Crippen molar-refractivity contribution in [2.75, 3.05) is 31.1 Å². The van der Waals surface area contributed by atoms with Gasteiger partial charge in [-0.3, -0.25) is 0 Å². The second-order valence-corrected chi connectivity index (χ2v) is 5.07. The average Bonchev–Trinajstić information content (AvgIpc) is 2.82. The molecular weight excluding hydrogens is 231 g/mol. The predicted molar refractivity (Wildman–Crippen MR) is 69.5 cm³/mol. The molecule has 1 fully saturated rings. The summed E-state index contributed by atoms with van der Waals surface area (Å²) in [5.41, 5.74) is 2.28. The summed E-state index contributed by atoms with van der Waals surface area (Å²) in [6, 6.07) is 5.37. The first-order valence-electron chi connectivity index (χ1n) is 6.63. The molecule has 0 radical (unpaired) electrons. The van der Waals surface area contributed by atoms with E-state index in [4.69, 9.17) is 4.74 Å². The van der Waals surface area contributed by atoms with Crippen molar-refractivity contribution in [1.82, 2.24) is 5.32 Å². The number of rotatable bonds is 2. The molecule has 2 aliphatic heterocycles. The minimum absolute atomic E-state index is 0.157. The molecule has 0 aliphatic carbocycles. The highest BCUT2D eigenvalue weighted by Crippen LogP contribution is 2.31. The fraction of sp³-hybridized carbons (Fsp3) is 0.571. The molecule has 0 spiro atoms. The highest BCUT2D eigenvalue weighted by Gasteiger charge is 2.30. The molecule has 0 aromatic heterocycles. The van der Waals surface area contributed by atoms with Gasteiger partial charge in [0.25, 0.3) is 0 Å². The maximum atomic E-state index is 13.4. The predicted octanol–water partition coefficient (Wildman–Crippen LogP) is 1.57. The fourth-order valence-electron chi connectivity index (χ4n) is 2.90. The first-order valence-corrected chi connectivity index (χ1v) is 6.63. The minimum Gasteiger partial charge on any atom is -0.373 e. The van der Waals surface area contributed by atoms with Crippen molar-refractivity contribution in [3.63, 3.8) is 0 Å². The standard InChI is InChI=1S/C14H19FN2O/c1-10(14-9-16-5-7-18-14)17-6-4-11-2-3-12(15)8-13(11)17/h2-3,8,10,14,16H,4-7,9H2,1H3. The number of fused-ring (bicyclic) bond motifs is 1. The van der Waals surface area contributed by atoms with Crippen LogP contribution in [0.15, 0.2) is 18.2 Å². The molecule has 2 aliphatic rings. The molecule has 1 saturated heterocycles. The van der Waals surface area contributed by atoms with Gasteiger partial charge >= 0.3 is 0 Å². The zero-order valence-corrected chi connectivity index (χ0v) is 10.7. The lowest BCUT2D eigenvalue weighted by atomic mass is 10.1. The smallest absolute Gasteiger partial charge is 0.125 e. The van der Waals surface area contributed by atoms with Crippen LogP contribution < -0.4 is 10.2 Å². The summed E-state index contributed by atoms with van der Waals surface area (Å²) in [6.07, 6.45) is 1.19. The number of nitrogens with zero attached hydrogens (tertiary/aromatic N) is 1. The molecule has 0 saturated carbocycles. The van der Waals surface area contributed by atoms with Crippen LogP contribution in [0.4, 0.5) is 10.1 Å². The van der Waals surface area contributed by atoms with E-state index in [1.807, 2.05) is 6.07 Å². The molecule has 2 atom stereocenters. The van der Waals surface area contributed by atoms with Crippen molar-refractivity contribution in [2.24, 2.45) is 0 Å². The van der Waals surface area contributed by atoms with Gasteiger partial charge in [-0.15, -0.1) is 0 Å². The summed E-state index contributed by atoms with van der Waals surface area (Å²) >= 11 is 0. The van der Waals surface area contributed by atoms with Crippen LogP contribution in [-0.2, 0) is 11.2 Å². The summed E-state index contributed by atoms with van der Waals surface area (Å²) < 4.78 is 19.2. The highest BCUT2D eigenvalue weighted by molar-refractivity contribution is 5.59. The van der Waals surface area contributed by atoms with Gasteiger partial charge in [0.2, 0.25) is 0 Å². The van der Waals surface area contributed by atoms with E-state index in [-0.39, 0.29) is 18.0 Å². The number of ether oxygens (including phenoxy) is 1. The van der Waals surface area contributed by atoms with E-state index >= 15 is 0 Å². The van der Waals surface area contributed by atoms with Crippen molar-refractivity contribution >= 4 is 5.69 Å². The molecule has 2 heterocycles. The summed E-state index contributed by atoms with van der Waals surface area (Å²) in [6.45, 7) is 5.69. The Bertz CT molecular complexity index is 432. The summed E-state index contributed by atoms with van der Waals surface area (Å²) in [5.74, 6) is -0.157. The lowest BCUT2D eigenvalue weighted by Gasteiger charge is -2.36. The number of hydrogen-bond acceptors (Lipinski definition) is 3. The van der Waals surface area contributed by atoms with Gasteiger partial charge in [0.1, 0.15) is 5.82 Å². The van der Waals surface area contributed by atoms with Crippen LogP contribution in [0, 0.1) is 5.82 Å². The number of halogens is 1. The van der Waals surface area contributed by atoms with Gasteiger partial charge in [0.15, 0.2) is 0 Å². The van der Waals surface area contributed by atoms with E-state index in [1.165, 1.54) is 5.56 Å². The second kappa shape index (κ2) is 4.86. The SMILES string of the molecule is CC(C1CNCCO1)N1CCc2ccc(F)cc21. The molecule has 1 aromatic rings. The number of hydrogen-bond donors (Lipinski definition) is 1. The molecule has 0 bridgehead atoms. The quantitative estimate of drug-likeness (QED) is 0.862. The Morgan fingerprint density at radius 2 is 2.39 bits per heavy atom. The lowest BCUT2D eigenvalue weighted by Crippen LogP contribution is -2.50. The summed E-state index contributed by atoms with van der Waals surface area (Å²) in [7, 11) is 0. The van der Waals surface area contributed by atoms with Crippen LogP contribution in [-0.4, -0.2) is 38.4 Å². The molecule has 3 nitrogen and oxygen atoms in total. The van der Waals surface area contributed by atoms with Crippen LogP contribution in [0.3, 0.4) is 0 Å². The van der Waals surface area contributed by atoms with Crippen LogP contribution in [0.5, 0.6) is 0 Å². The molecule has 2 unspecified atom stereocenters. The Morgan fingerprint density at radius 3 is 3.17 bits per heavy atom. The van der Waals surface area contributed by atoms with E-state index in [2.05, 4.69) is 17.1 Å². The van der Waals surface area contributed by atoms with Crippen LogP contribution in [0.1, 0.15) is 12.5 Å². The van der Waals surface area contributed by atoms with Crippen molar-refractivity contribution in [1.29, 1.82) is 0 Å². The number of nitrogens with one attached hydrogen (secondary N) is 1. The van der Waals surface area contributed by atoms with E-state index in [9.17, 15) is 4.39 Å². The Balaban J connectivity index is 1.80. The van der Waals surface area contributed by atoms with Gasteiger partial charge in [0.05, 0.1) is 18.8 Å². The number of benzene rings is 1. The Hall–Kier alpha value is -1.13. The molecule has 1 aromatic carbocycles. The van der Waals surface area contributed by atoms with Gasteiger partial charge in [0, 0.05) is 25.3 Å². The number of anilines is 1. The van der Waals surface area contributed by atoms with E-state index in [0.29, 0.717) is 0 Å². The van der Waals surface area contributed by atoms with Gasteiger partial charge in [-0.1, -0.05) is 6.07 Å². The Labute approximate surface area is 107 Å². The maximum Gasteiger partial charge on any atom is 0.125 e. The van der Waals surface area contributed by atoms with E-state index in [0.717, 1.165) is 38.3 Å². The zero-order chi connectivity index (χ0) is 12.5. The number of morpholine rings is 1. The minimum atomic E-state index is -0.157. The third kappa shape index (κ3) is 2.10. The average molecular weight is 250 g/mol. The van der Waals surface area contributed by atoms with Crippen molar-refractivity contribution in [3.05, 3.63) is 29.6 Å². The normalized spacial score (nSPS) is 25.0. The Morgan fingerprint density at radius 1 is 1.50 bits per heavy atom. The van der Waals surface area contributed by atoms with Crippen molar-refractivity contribution in [2.45, 2.75) is 25.5 Å². The summed E-state index contributed by atoms with van der Waals surface area (Å²) in [5, 5.41) is 3.35. The molecule has 1 N–H and O–H groups in total. The molecule has 18 heavy (non-hydrogen) atoms. The lowest BCUT2D eigenvalue weighted by molar-refractivity contribution is 0.0148. The van der Waals surface area contributed by atoms with Gasteiger partial charge in [-0.2, -0.15) is 0 Å². The molecule has 0 amide bonds. The third-order valence-electron chi connectivity index (χ3n) is 3.96. The Kier molecular flexibility index (Phi) is 3.22. The fourth-order valence-corrected chi connectivity index (χ4v) is 2.90. The third-order valence-corrected chi connectivity index (χ3v) is 3.96. The first-order chi connectivity index (χ1) is 8.75. The molecular formula is C14H19FN2O. The van der Waals surface area contributed by atoms with Gasteiger partial charge in [-0.05, 0) is 31.0 Å². The zero-order valence-electron chi connectivity index (χ0n) is 10.7. The van der Waals surface area contributed by atoms with Gasteiger partial charge < -0.3 is 15.0 Å². The van der Waals surface area contributed by atoms with E-state index < -0.39 is 0 Å². The van der Waals surface area contributed by atoms with Crippen LogP contribution >= 0.6 is 0 Å². The molecule has 4 heteroatoms. The maximum absolute atomic E-state index is 13.4. The van der Waals surface area contributed by atoms with Crippen LogP contribution in [0.2, 0.25) is 0 Å². The highest BCUT2D eigenvalue weighted by atomic mass is 19.1. The monoisotopic (exact) mass is 250 g/mol. The van der Waals surface area contributed by atoms with Crippen molar-refractivity contribution < 1.29 is 9.13 Å². The molecule has 98 valence electrons. The van der Waals surface area contributed by atoms with Gasteiger partial charge in [-0.25, -0.2) is 4.39 Å². The van der Waals surface area contributed by atoms with E-state index in [1.54, 1.807) is 12.1 Å². The first kappa shape index (κ1) is 11.9. The second-order valence-electron chi connectivity index (χ2n) is 5.07. The topological polar surface area (TPSA) is 24.5 Å².